The molecule has 35 heavy (non-hydrogen) atoms. The first-order valence-corrected chi connectivity index (χ1v) is 10.9. The van der Waals surface area contributed by atoms with Gasteiger partial charge in [-0.15, -0.1) is 0 Å². The van der Waals surface area contributed by atoms with Crippen molar-refractivity contribution in [3.05, 3.63) is 96.0 Å². The van der Waals surface area contributed by atoms with E-state index in [1.54, 1.807) is 10.9 Å². The SMILES string of the molecule is CCc1nc2cccc(C#Cc3cnn(C)c3)c2n1-c1ccccc1.NC(=O)c1nccnc1N. The van der Waals surface area contributed by atoms with Crippen LogP contribution in [0.4, 0.5) is 5.82 Å². The largest absolute Gasteiger partial charge is 0.382 e. The van der Waals surface area contributed by atoms with Crippen LogP contribution in [0.1, 0.15) is 34.4 Å². The molecule has 5 aromatic rings. The van der Waals surface area contributed by atoms with E-state index >= 15 is 0 Å². The number of carbonyl (C=O) groups excluding carboxylic acids is 1. The molecular weight excluding hydrogens is 440 g/mol. The maximum atomic E-state index is 10.5. The monoisotopic (exact) mass is 464 g/mol. The van der Waals surface area contributed by atoms with Gasteiger partial charge in [-0.2, -0.15) is 5.10 Å². The molecule has 0 saturated carbocycles. The molecule has 2 aromatic carbocycles. The summed E-state index contributed by atoms with van der Waals surface area (Å²) in [5.41, 5.74) is 15.2. The number of aryl methyl sites for hydroxylation is 2. The second-order valence-corrected chi connectivity index (χ2v) is 7.53. The number of imidazole rings is 1. The molecule has 0 aliphatic rings. The van der Waals surface area contributed by atoms with Gasteiger partial charge in [-0.05, 0) is 24.3 Å². The van der Waals surface area contributed by atoms with Crippen molar-refractivity contribution < 1.29 is 4.79 Å². The van der Waals surface area contributed by atoms with Gasteiger partial charge in [0, 0.05) is 37.7 Å². The molecule has 0 fully saturated rings. The minimum atomic E-state index is -0.661. The summed E-state index contributed by atoms with van der Waals surface area (Å²) in [6.07, 6.45) is 7.30. The Bertz CT molecular complexity index is 1540. The van der Waals surface area contributed by atoms with Crippen molar-refractivity contribution in [2.75, 3.05) is 5.73 Å². The lowest BCUT2D eigenvalue weighted by Gasteiger charge is -2.09. The summed E-state index contributed by atoms with van der Waals surface area (Å²) in [7, 11) is 1.89. The quantitative estimate of drug-likeness (QED) is 0.395. The molecule has 0 unspecified atom stereocenters. The van der Waals surface area contributed by atoms with Crippen LogP contribution >= 0.6 is 0 Å². The molecular formula is C26H24N8O. The number of carbonyl (C=O) groups is 1. The van der Waals surface area contributed by atoms with Crippen LogP contribution in [-0.2, 0) is 13.5 Å². The molecule has 9 nitrogen and oxygen atoms in total. The normalized spacial score (nSPS) is 10.2. The highest BCUT2D eigenvalue weighted by molar-refractivity contribution is 5.94. The predicted molar refractivity (Wildman–Crippen MR) is 135 cm³/mol. The van der Waals surface area contributed by atoms with Crippen LogP contribution in [0.2, 0.25) is 0 Å². The molecule has 0 spiro atoms. The van der Waals surface area contributed by atoms with E-state index < -0.39 is 5.91 Å². The van der Waals surface area contributed by atoms with Crippen molar-refractivity contribution >= 4 is 22.8 Å². The molecule has 3 heterocycles. The van der Waals surface area contributed by atoms with Crippen LogP contribution < -0.4 is 11.5 Å². The molecule has 0 saturated heterocycles. The van der Waals surface area contributed by atoms with E-state index in [2.05, 4.69) is 50.5 Å². The number of nitrogen functional groups attached to an aromatic ring is 1. The van der Waals surface area contributed by atoms with E-state index in [9.17, 15) is 4.79 Å². The maximum absolute atomic E-state index is 10.5. The zero-order chi connectivity index (χ0) is 24.8. The number of anilines is 1. The second-order valence-electron chi connectivity index (χ2n) is 7.53. The van der Waals surface area contributed by atoms with E-state index in [0.29, 0.717) is 0 Å². The van der Waals surface area contributed by atoms with Crippen molar-refractivity contribution in [1.82, 2.24) is 29.3 Å². The predicted octanol–water partition coefficient (Wildman–Crippen LogP) is 2.88. The summed E-state index contributed by atoms with van der Waals surface area (Å²) in [6, 6.07) is 16.4. The molecule has 174 valence electrons. The minimum Gasteiger partial charge on any atom is -0.382 e. The van der Waals surface area contributed by atoms with Gasteiger partial charge in [-0.25, -0.2) is 15.0 Å². The summed E-state index contributed by atoms with van der Waals surface area (Å²) >= 11 is 0. The summed E-state index contributed by atoms with van der Waals surface area (Å²) in [6.45, 7) is 2.13. The lowest BCUT2D eigenvalue weighted by Crippen LogP contribution is -2.16. The first-order chi connectivity index (χ1) is 17.0. The number of nitrogens with two attached hydrogens (primary N) is 2. The first kappa shape index (κ1) is 23.2. The summed E-state index contributed by atoms with van der Waals surface area (Å²) in [5, 5.41) is 4.17. The Labute approximate surface area is 202 Å². The van der Waals surface area contributed by atoms with Crippen molar-refractivity contribution in [3.8, 4) is 17.5 Å². The number of benzene rings is 2. The van der Waals surface area contributed by atoms with Crippen LogP contribution in [0, 0.1) is 11.8 Å². The number of hydrogen-bond donors (Lipinski definition) is 2. The topological polar surface area (TPSA) is 131 Å². The molecule has 0 bridgehead atoms. The zero-order valence-corrected chi connectivity index (χ0v) is 19.4. The van der Waals surface area contributed by atoms with Gasteiger partial charge in [-0.3, -0.25) is 14.0 Å². The number of nitrogens with zero attached hydrogens (tertiary/aromatic N) is 6. The standard InChI is InChI=1S/C21H18N4.C5H6N4O/c1-3-20-23-19-11-7-8-17(13-12-16-14-22-24(2)15-16)21(19)25(20)18-9-5-4-6-10-18;6-4-3(5(7)10)8-1-2-9-4/h4-11,14-15H,3H2,1-2H3;1-2H,(H2,6,9)(H2,7,10). The van der Waals surface area contributed by atoms with Gasteiger partial charge >= 0.3 is 0 Å². The van der Waals surface area contributed by atoms with Crippen molar-refractivity contribution in [3.63, 3.8) is 0 Å². The number of para-hydroxylation sites is 2. The highest BCUT2D eigenvalue weighted by atomic mass is 16.1. The van der Waals surface area contributed by atoms with Crippen molar-refractivity contribution in [2.45, 2.75) is 13.3 Å². The third-order valence-electron chi connectivity index (χ3n) is 5.08. The molecule has 1 amide bonds. The Morgan fingerprint density at radius 2 is 1.80 bits per heavy atom. The lowest BCUT2D eigenvalue weighted by molar-refractivity contribution is 0.0996. The van der Waals surface area contributed by atoms with Crippen LogP contribution in [0.25, 0.3) is 16.7 Å². The molecule has 0 radical (unpaired) electrons. The number of amides is 1. The molecule has 4 N–H and O–H groups in total. The fourth-order valence-electron chi connectivity index (χ4n) is 3.53. The number of rotatable bonds is 3. The fourth-order valence-corrected chi connectivity index (χ4v) is 3.53. The van der Waals surface area contributed by atoms with Gasteiger partial charge in [0.15, 0.2) is 11.5 Å². The van der Waals surface area contributed by atoms with Gasteiger partial charge in [0.25, 0.3) is 5.91 Å². The number of primary amides is 1. The third kappa shape index (κ3) is 5.17. The fraction of sp³-hybridized carbons (Fsp3) is 0.115. The molecule has 0 atom stereocenters. The van der Waals surface area contributed by atoms with Gasteiger partial charge < -0.3 is 11.5 Å². The first-order valence-electron chi connectivity index (χ1n) is 10.9. The minimum absolute atomic E-state index is 0.0162. The molecule has 0 aliphatic carbocycles. The maximum Gasteiger partial charge on any atom is 0.271 e. The van der Waals surface area contributed by atoms with E-state index in [1.165, 1.54) is 12.4 Å². The van der Waals surface area contributed by atoms with Crippen LogP contribution in [0.15, 0.2) is 73.3 Å². The summed E-state index contributed by atoms with van der Waals surface area (Å²) < 4.78 is 3.97. The molecule has 5 rings (SSSR count). The highest BCUT2D eigenvalue weighted by Gasteiger charge is 2.13. The number of hydrogen-bond acceptors (Lipinski definition) is 6. The Morgan fingerprint density at radius 3 is 2.43 bits per heavy atom. The molecule has 3 aromatic heterocycles. The van der Waals surface area contributed by atoms with Crippen LogP contribution in [-0.4, -0.2) is 35.2 Å². The van der Waals surface area contributed by atoms with Crippen molar-refractivity contribution in [2.24, 2.45) is 12.8 Å². The Morgan fingerprint density at radius 1 is 1.03 bits per heavy atom. The summed E-state index contributed by atoms with van der Waals surface area (Å²) in [5.74, 6) is 6.95. The smallest absolute Gasteiger partial charge is 0.271 e. The van der Waals surface area contributed by atoms with Gasteiger partial charge in [0.1, 0.15) is 5.82 Å². The average molecular weight is 465 g/mol. The van der Waals surface area contributed by atoms with Crippen LogP contribution in [0.5, 0.6) is 0 Å². The summed E-state index contributed by atoms with van der Waals surface area (Å²) in [4.78, 5) is 22.5. The van der Waals surface area contributed by atoms with E-state index in [4.69, 9.17) is 16.5 Å². The number of aromatic nitrogens is 6. The third-order valence-corrected chi connectivity index (χ3v) is 5.08. The van der Waals surface area contributed by atoms with E-state index in [0.717, 1.165) is 40.1 Å². The van der Waals surface area contributed by atoms with Gasteiger partial charge in [0.2, 0.25) is 0 Å². The van der Waals surface area contributed by atoms with Crippen molar-refractivity contribution in [1.29, 1.82) is 0 Å². The zero-order valence-electron chi connectivity index (χ0n) is 19.4. The lowest BCUT2D eigenvalue weighted by atomic mass is 10.1. The molecule has 9 heteroatoms. The second kappa shape index (κ2) is 10.3. The van der Waals surface area contributed by atoms with E-state index in [1.807, 2.05) is 49.6 Å². The van der Waals surface area contributed by atoms with Gasteiger partial charge in [0.05, 0.1) is 28.4 Å². The number of fused-ring (bicyclic) bond motifs is 1. The average Bonchev–Trinajstić information content (AvgIpc) is 3.47. The van der Waals surface area contributed by atoms with Gasteiger partial charge in [-0.1, -0.05) is 43.0 Å². The Balaban J connectivity index is 0.000000243. The molecule has 0 aliphatic heterocycles. The highest BCUT2D eigenvalue weighted by Crippen LogP contribution is 2.25. The van der Waals surface area contributed by atoms with Crippen LogP contribution in [0.3, 0.4) is 0 Å². The van der Waals surface area contributed by atoms with E-state index in [-0.39, 0.29) is 11.5 Å². The Hall–Kier alpha value is -4.97. The Kier molecular flexibility index (Phi) is 6.83.